The highest BCUT2D eigenvalue weighted by molar-refractivity contribution is 5.70. The van der Waals surface area contributed by atoms with Crippen LogP contribution in [0.15, 0.2) is 0 Å². The highest BCUT2D eigenvalue weighted by Gasteiger charge is 2.47. The van der Waals surface area contributed by atoms with Crippen LogP contribution >= 0.6 is 0 Å². The summed E-state index contributed by atoms with van der Waals surface area (Å²) < 4.78 is 33.5. The Kier molecular flexibility index (Phi) is 31.8. The molecule has 0 aromatic carbocycles. The van der Waals surface area contributed by atoms with Crippen molar-refractivity contribution in [2.24, 2.45) is 0 Å². The number of unbranched alkanes of at least 4 members (excludes halogenated alkanes) is 23. The van der Waals surface area contributed by atoms with E-state index in [9.17, 15) is 45.3 Å². The Morgan fingerprint density at radius 1 is 0.459 bits per heavy atom. The predicted molar refractivity (Wildman–Crippen MR) is 229 cm³/mol. The second kappa shape index (κ2) is 34.8. The normalized spacial score (nSPS) is 27.2. The van der Waals surface area contributed by atoms with Crippen molar-refractivity contribution in [2.45, 2.75) is 255 Å². The van der Waals surface area contributed by atoms with Crippen LogP contribution in [0.5, 0.6) is 0 Å². The maximum atomic E-state index is 12.9. The largest absolute Gasteiger partial charge is 0.462 e. The van der Waals surface area contributed by atoms with E-state index in [4.69, 9.17) is 28.4 Å². The van der Waals surface area contributed by atoms with Gasteiger partial charge in [0, 0.05) is 12.8 Å². The maximum Gasteiger partial charge on any atom is 0.306 e. The molecule has 360 valence electrons. The number of esters is 2. The molecule has 0 spiro atoms. The van der Waals surface area contributed by atoms with Crippen LogP contribution in [0.2, 0.25) is 0 Å². The molecular weight excluding hydrogens is 792 g/mol. The van der Waals surface area contributed by atoms with Crippen LogP contribution in [-0.2, 0) is 38.0 Å². The van der Waals surface area contributed by atoms with Gasteiger partial charge in [-0.05, 0) is 12.8 Å². The number of aliphatic hydroxyl groups is 7. The molecule has 0 bridgehead atoms. The number of hydrogen-bond acceptors (Lipinski definition) is 15. The number of aliphatic hydroxyl groups excluding tert-OH is 7. The summed E-state index contributed by atoms with van der Waals surface area (Å²) in [6.45, 7) is 2.58. The minimum absolute atomic E-state index is 0.173. The summed E-state index contributed by atoms with van der Waals surface area (Å²) >= 11 is 0. The highest BCUT2D eigenvalue weighted by Crippen LogP contribution is 2.26. The summed E-state index contributed by atoms with van der Waals surface area (Å²) in [6, 6.07) is 0. The number of hydrogen-bond donors (Lipinski definition) is 7. The van der Waals surface area contributed by atoms with E-state index in [2.05, 4.69) is 13.8 Å². The minimum atomic E-state index is -1.76. The van der Waals surface area contributed by atoms with Gasteiger partial charge in [0.15, 0.2) is 18.7 Å². The van der Waals surface area contributed by atoms with E-state index < -0.39 is 92.7 Å². The Labute approximate surface area is 366 Å². The van der Waals surface area contributed by atoms with Gasteiger partial charge in [-0.25, -0.2) is 0 Å². The first-order chi connectivity index (χ1) is 29.5. The molecule has 15 heteroatoms. The zero-order valence-electron chi connectivity index (χ0n) is 37.7. The average molecular weight is 879 g/mol. The Balaban J connectivity index is 1.83. The molecule has 0 saturated carbocycles. The zero-order chi connectivity index (χ0) is 44.7. The molecule has 11 unspecified atom stereocenters. The summed E-state index contributed by atoms with van der Waals surface area (Å²) in [5.41, 5.74) is 0. The molecule has 2 fully saturated rings. The number of ether oxygens (including phenoxy) is 6. The van der Waals surface area contributed by atoms with Crippen LogP contribution in [-0.4, -0.2) is 142 Å². The fourth-order valence-electron chi connectivity index (χ4n) is 7.81. The molecule has 61 heavy (non-hydrogen) atoms. The Bertz CT molecular complexity index is 1080. The van der Waals surface area contributed by atoms with E-state index in [-0.39, 0.29) is 26.1 Å². The van der Waals surface area contributed by atoms with Gasteiger partial charge in [0.1, 0.15) is 55.4 Å². The van der Waals surface area contributed by atoms with Crippen LogP contribution in [0, 0.1) is 0 Å². The average Bonchev–Trinajstić information content (AvgIpc) is 3.25. The van der Waals surface area contributed by atoms with Crippen molar-refractivity contribution in [2.75, 3.05) is 26.4 Å². The van der Waals surface area contributed by atoms with Gasteiger partial charge < -0.3 is 64.2 Å². The van der Waals surface area contributed by atoms with Crippen LogP contribution in [0.4, 0.5) is 0 Å². The lowest BCUT2D eigenvalue weighted by Crippen LogP contribution is -2.61. The van der Waals surface area contributed by atoms with Crippen LogP contribution in [0.3, 0.4) is 0 Å². The SMILES string of the molecule is CCCCCCCCCCCCCCCCCC(=O)OC(COC(=O)CCCCCCCCCCCC)COC1OC(COC2OC(CO)C(O)C(O)C2O)C(O)C(O)C1O. The lowest BCUT2D eigenvalue weighted by Gasteiger charge is -2.42. The smallest absolute Gasteiger partial charge is 0.306 e. The first-order valence-corrected chi connectivity index (χ1v) is 24.1. The van der Waals surface area contributed by atoms with Crippen molar-refractivity contribution in [3.05, 3.63) is 0 Å². The predicted octanol–water partition coefficient (Wildman–Crippen LogP) is 5.65. The van der Waals surface area contributed by atoms with Crippen molar-refractivity contribution in [3.63, 3.8) is 0 Å². The summed E-state index contributed by atoms with van der Waals surface area (Å²) in [5.74, 6) is -0.915. The first kappa shape index (κ1) is 55.6. The molecule has 2 aliphatic rings. The summed E-state index contributed by atoms with van der Waals surface area (Å²) in [7, 11) is 0. The van der Waals surface area contributed by atoms with E-state index >= 15 is 0 Å². The van der Waals surface area contributed by atoms with Crippen LogP contribution in [0.1, 0.15) is 187 Å². The fourth-order valence-corrected chi connectivity index (χ4v) is 7.81. The van der Waals surface area contributed by atoms with Crippen molar-refractivity contribution < 1.29 is 73.8 Å². The van der Waals surface area contributed by atoms with E-state index in [0.29, 0.717) is 12.8 Å². The molecule has 0 aromatic heterocycles. The van der Waals surface area contributed by atoms with Crippen molar-refractivity contribution in [1.82, 2.24) is 0 Å². The lowest BCUT2D eigenvalue weighted by atomic mass is 9.98. The molecule has 0 amide bonds. The van der Waals surface area contributed by atoms with Gasteiger partial charge in [0.2, 0.25) is 0 Å². The van der Waals surface area contributed by atoms with Crippen molar-refractivity contribution in [3.8, 4) is 0 Å². The van der Waals surface area contributed by atoms with Gasteiger partial charge in [-0.3, -0.25) is 9.59 Å². The quantitative estimate of drug-likeness (QED) is 0.0295. The summed E-state index contributed by atoms with van der Waals surface area (Å²) in [6.07, 6.45) is 12.9. The molecule has 0 aliphatic carbocycles. The fraction of sp³-hybridized carbons (Fsp3) is 0.957. The molecule has 2 rings (SSSR count). The molecular formula is C46H86O15. The topological polar surface area (TPSA) is 231 Å². The molecule has 11 atom stereocenters. The summed E-state index contributed by atoms with van der Waals surface area (Å²) in [4.78, 5) is 25.6. The Hall–Kier alpha value is -1.50. The van der Waals surface area contributed by atoms with Gasteiger partial charge in [0.05, 0.1) is 19.8 Å². The van der Waals surface area contributed by atoms with Crippen molar-refractivity contribution in [1.29, 1.82) is 0 Å². The van der Waals surface area contributed by atoms with Crippen LogP contribution in [0.25, 0.3) is 0 Å². The highest BCUT2D eigenvalue weighted by atomic mass is 16.7. The number of carbonyl (C=O) groups is 2. The summed E-state index contributed by atoms with van der Waals surface area (Å²) in [5, 5.41) is 71.9. The third-order valence-corrected chi connectivity index (χ3v) is 11.8. The van der Waals surface area contributed by atoms with E-state index in [1.54, 1.807) is 0 Å². The van der Waals surface area contributed by atoms with E-state index in [1.165, 1.54) is 109 Å². The Morgan fingerprint density at radius 3 is 1.28 bits per heavy atom. The van der Waals surface area contributed by atoms with Gasteiger partial charge in [-0.15, -0.1) is 0 Å². The molecule has 2 aliphatic heterocycles. The van der Waals surface area contributed by atoms with E-state index in [0.717, 1.165) is 38.5 Å². The zero-order valence-corrected chi connectivity index (χ0v) is 37.7. The Morgan fingerprint density at radius 2 is 0.836 bits per heavy atom. The lowest BCUT2D eigenvalue weighted by molar-refractivity contribution is -0.332. The molecule has 7 N–H and O–H groups in total. The third kappa shape index (κ3) is 23.8. The van der Waals surface area contributed by atoms with Gasteiger partial charge in [-0.1, -0.05) is 162 Å². The van der Waals surface area contributed by atoms with E-state index in [1.807, 2.05) is 0 Å². The van der Waals surface area contributed by atoms with Crippen molar-refractivity contribution >= 4 is 11.9 Å². The molecule has 2 heterocycles. The molecule has 2 saturated heterocycles. The monoisotopic (exact) mass is 879 g/mol. The molecule has 0 radical (unpaired) electrons. The van der Waals surface area contributed by atoms with Gasteiger partial charge >= 0.3 is 11.9 Å². The molecule has 15 nitrogen and oxygen atoms in total. The maximum absolute atomic E-state index is 12.9. The first-order valence-electron chi connectivity index (χ1n) is 24.1. The number of carbonyl (C=O) groups excluding carboxylic acids is 2. The number of rotatable bonds is 37. The van der Waals surface area contributed by atoms with Crippen LogP contribution < -0.4 is 0 Å². The van der Waals surface area contributed by atoms with Gasteiger partial charge in [-0.2, -0.15) is 0 Å². The van der Waals surface area contributed by atoms with Gasteiger partial charge in [0.25, 0.3) is 0 Å². The molecule has 0 aromatic rings. The second-order valence-electron chi connectivity index (χ2n) is 17.3. The third-order valence-electron chi connectivity index (χ3n) is 11.8. The minimum Gasteiger partial charge on any atom is -0.462 e. The second-order valence-corrected chi connectivity index (χ2v) is 17.3. The standard InChI is InChI=1S/C46H86O15/c1-3-5-7-9-11-13-15-16-17-18-19-21-23-25-27-29-38(49)59-34(31-56-37(48)28-26-24-22-20-14-12-10-8-6-4-2)32-57-45-44(55)42(53)40(51)36(61-45)33-58-46-43(54)41(52)39(50)35(30-47)60-46/h34-36,39-47,50-55H,3-33H2,1-2H3.